The molecule has 0 N–H and O–H groups in total. The Morgan fingerprint density at radius 2 is 1.68 bits per heavy atom. The third kappa shape index (κ3) is 6.53. The summed E-state index contributed by atoms with van der Waals surface area (Å²) in [4.78, 5) is 29.9. The van der Waals surface area contributed by atoms with E-state index < -0.39 is 0 Å². The molecule has 0 atom stereocenters. The molecule has 0 aliphatic heterocycles. The zero-order valence-electron chi connectivity index (χ0n) is 15.0. The van der Waals surface area contributed by atoms with Gasteiger partial charge in [0.15, 0.2) is 11.6 Å². The zero-order chi connectivity index (χ0) is 17.9. The summed E-state index contributed by atoms with van der Waals surface area (Å²) in [6.07, 6.45) is 10.8. The van der Waals surface area contributed by atoms with Gasteiger partial charge in [-0.25, -0.2) is 14.8 Å². The van der Waals surface area contributed by atoms with Gasteiger partial charge in [-0.2, -0.15) is 0 Å². The van der Waals surface area contributed by atoms with Crippen LogP contribution in [0.15, 0.2) is 36.7 Å². The van der Waals surface area contributed by atoms with Crippen molar-refractivity contribution in [1.29, 1.82) is 0 Å². The molecule has 0 aliphatic carbocycles. The number of aryl methyl sites for hydroxylation is 1. The first kappa shape index (κ1) is 18.9. The lowest BCUT2D eigenvalue weighted by Gasteiger charge is -2.05. The van der Waals surface area contributed by atoms with E-state index >= 15 is 0 Å². The molecule has 0 saturated heterocycles. The third-order valence-corrected chi connectivity index (χ3v) is 3.82. The molecule has 134 valence electrons. The molecule has 1 heterocycles. The van der Waals surface area contributed by atoms with Crippen LogP contribution in [-0.2, 0) is 16.1 Å². The van der Waals surface area contributed by atoms with Gasteiger partial charge in [0.2, 0.25) is 0 Å². The van der Waals surface area contributed by atoms with Crippen molar-refractivity contribution in [1.82, 2.24) is 9.97 Å². The van der Waals surface area contributed by atoms with Crippen LogP contribution in [0.4, 0.5) is 0 Å². The minimum Gasteiger partial charge on any atom is -0.287 e. The van der Waals surface area contributed by atoms with Crippen LogP contribution in [0.3, 0.4) is 0 Å². The molecule has 25 heavy (non-hydrogen) atoms. The number of hydrogen-bond acceptors (Lipinski definition) is 5. The lowest BCUT2D eigenvalue weighted by Crippen LogP contribution is -2.06. The lowest BCUT2D eigenvalue weighted by atomic mass is 10.1. The smallest absolute Gasteiger partial charge is 0.287 e. The average molecular weight is 342 g/mol. The van der Waals surface area contributed by atoms with E-state index in [0.717, 1.165) is 18.4 Å². The van der Waals surface area contributed by atoms with Crippen molar-refractivity contribution < 1.29 is 14.6 Å². The molecule has 0 unspecified atom stereocenters. The molecule has 2 rings (SSSR count). The highest BCUT2D eigenvalue weighted by Gasteiger charge is 2.06. The van der Waals surface area contributed by atoms with Crippen molar-refractivity contribution >= 4 is 5.97 Å². The number of hydrogen-bond donors (Lipinski definition) is 0. The van der Waals surface area contributed by atoms with Gasteiger partial charge in [-0.05, 0) is 49.1 Å². The molecule has 0 saturated carbocycles. The van der Waals surface area contributed by atoms with Crippen molar-refractivity contribution in [3.05, 3.63) is 42.2 Å². The normalized spacial score (nSPS) is 10.5. The Balaban J connectivity index is 1.87. The zero-order valence-corrected chi connectivity index (χ0v) is 15.0. The first-order valence-corrected chi connectivity index (χ1v) is 9.01. The van der Waals surface area contributed by atoms with Crippen LogP contribution in [0.2, 0.25) is 0 Å². The fourth-order valence-electron chi connectivity index (χ4n) is 2.39. The maximum absolute atomic E-state index is 11.3. The van der Waals surface area contributed by atoms with E-state index in [0.29, 0.717) is 18.0 Å². The van der Waals surface area contributed by atoms with E-state index in [1.54, 1.807) is 12.1 Å². The second-order valence-electron chi connectivity index (χ2n) is 6.04. The van der Waals surface area contributed by atoms with Gasteiger partial charge in [0, 0.05) is 24.4 Å². The largest absolute Gasteiger partial charge is 0.355 e. The SMILES string of the molecule is CCCCCCc1cnc(-c2ccc(OOC(=O)CCC)cc2)nc1. The van der Waals surface area contributed by atoms with Crippen LogP contribution in [0.1, 0.15) is 57.9 Å². The molecule has 0 aliphatic rings. The molecule has 1 aromatic carbocycles. The van der Waals surface area contributed by atoms with Crippen LogP contribution in [0.25, 0.3) is 11.4 Å². The number of unbranched alkanes of at least 4 members (excludes halogenated alkanes) is 3. The molecule has 0 radical (unpaired) electrons. The monoisotopic (exact) mass is 342 g/mol. The molecular formula is C20H26N2O3. The number of benzene rings is 1. The van der Waals surface area contributed by atoms with E-state index in [4.69, 9.17) is 9.78 Å². The Morgan fingerprint density at radius 3 is 2.32 bits per heavy atom. The van der Waals surface area contributed by atoms with Crippen molar-refractivity contribution in [3.8, 4) is 17.1 Å². The molecule has 5 heteroatoms. The highest BCUT2D eigenvalue weighted by atomic mass is 17.2. The lowest BCUT2D eigenvalue weighted by molar-refractivity contribution is -0.213. The summed E-state index contributed by atoms with van der Waals surface area (Å²) >= 11 is 0. The Bertz CT molecular complexity index is 639. The molecule has 2 aromatic rings. The minimum atomic E-state index is -0.371. The van der Waals surface area contributed by atoms with Gasteiger partial charge >= 0.3 is 5.97 Å². The van der Waals surface area contributed by atoms with Crippen LogP contribution in [0, 0.1) is 0 Å². The van der Waals surface area contributed by atoms with E-state index in [1.165, 1.54) is 31.2 Å². The number of aromatic nitrogens is 2. The summed E-state index contributed by atoms with van der Waals surface area (Å²) < 4.78 is 0. The summed E-state index contributed by atoms with van der Waals surface area (Å²) in [6.45, 7) is 4.12. The van der Waals surface area contributed by atoms with Gasteiger partial charge in [0.25, 0.3) is 0 Å². The predicted octanol–water partition coefficient (Wildman–Crippen LogP) is 4.90. The van der Waals surface area contributed by atoms with Crippen molar-refractivity contribution in [2.45, 2.75) is 58.8 Å². The van der Waals surface area contributed by atoms with Crippen molar-refractivity contribution in [2.75, 3.05) is 0 Å². The number of rotatable bonds is 10. The Kier molecular flexibility index (Phi) is 7.89. The van der Waals surface area contributed by atoms with Crippen LogP contribution in [-0.4, -0.2) is 15.9 Å². The highest BCUT2D eigenvalue weighted by Crippen LogP contribution is 2.20. The Hall–Kier alpha value is -2.43. The summed E-state index contributed by atoms with van der Waals surface area (Å²) in [6, 6.07) is 7.16. The van der Waals surface area contributed by atoms with Crippen molar-refractivity contribution in [2.24, 2.45) is 0 Å². The van der Waals surface area contributed by atoms with Crippen LogP contribution >= 0.6 is 0 Å². The highest BCUT2D eigenvalue weighted by molar-refractivity contribution is 5.68. The first-order chi connectivity index (χ1) is 12.2. The fourth-order valence-corrected chi connectivity index (χ4v) is 2.39. The van der Waals surface area contributed by atoms with Crippen LogP contribution in [0.5, 0.6) is 5.75 Å². The predicted molar refractivity (Wildman–Crippen MR) is 96.9 cm³/mol. The molecule has 0 fully saturated rings. The first-order valence-electron chi connectivity index (χ1n) is 9.01. The second kappa shape index (κ2) is 10.4. The van der Waals surface area contributed by atoms with Crippen molar-refractivity contribution in [3.63, 3.8) is 0 Å². The Labute approximate surface area is 149 Å². The summed E-state index contributed by atoms with van der Waals surface area (Å²) in [7, 11) is 0. The average Bonchev–Trinajstić information content (AvgIpc) is 2.65. The topological polar surface area (TPSA) is 61.3 Å². The van der Waals surface area contributed by atoms with Gasteiger partial charge < -0.3 is 0 Å². The minimum absolute atomic E-state index is 0.344. The number of nitrogens with zero attached hydrogens (tertiary/aromatic N) is 2. The quantitative estimate of drug-likeness (QED) is 0.349. The third-order valence-electron chi connectivity index (χ3n) is 3.82. The fraction of sp³-hybridized carbons (Fsp3) is 0.450. The number of carbonyl (C=O) groups is 1. The maximum Gasteiger partial charge on any atom is 0.355 e. The van der Waals surface area contributed by atoms with E-state index in [-0.39, 0.29) is 5.97 Å². The van der Waals surface area contributed by atoms with E-state index in [9.17, 15) is 4.79 Å². The molecule has 0 spiro atoms. The summed E-state index contributed by atoms with van der Waals surface area (Å²) in [5.41, 5.74) is 2.06. The number of carbonyl (C=O) groups excluding carboxylic acids is 1. The van der Waals surface area contributed by atoms with Gasteiger partial charge in [-0.3, -0.25) is 9.78 Å². The standard InChI is InChI=1S/C20H26N2O3/c1-3-5-6-7-9-16-14-21-20(22-15-16)17-10-12-18(13-11-17)24-25-19(23)8-4-2/h10-15H,3-9H2,1-2H3. The maximum atomic E-state index is 11.3. The van der Waals surface area contributed by atoms with Gasteiger partial charge in [0.1, 0.15) is 0 Å². The van der Waals surface area contributed by atoms with Gasteiger partial charge in [-0.15, -0.1) is 0 Å². The molecule has 0 bridgehead atoms. The van der Waals surface area contributed by atoms with Crippen LogP contribution < -0.4 is 4.89 Å². The summed E-state index contributed by atoms with van der Waals surface area (Å²) in [5, 5.41) is 0. The second-order valence-corrected chi connectivity index (χ2v) is 6.04. The molecule has 5 nitrogen and oxygen atoms in total. The van der Waals surface area contributed by atoms with Gasteiger partial charge in [-0.1, -0.05) is 33.1 Å². The van der Waals surface area contributed by atoms with E-state index in [2.05, 4.69) is 16.9 Å². The molecule has 1 aromatic heterocycles. The Morgan fingerprint density at radius 1 is 0.960 bits per heavy atom. The van der Waals surface area contributed by atoms with Gasteiger partial charge in [0.05, 0.1) is 0 Å². The molecule has 0 amide bonds. The van der Waals surface area contributed by atoms with E-state index in [1.807, 2.05) is 31.5 Å². The summed E-state index contributed by atoms with van der Waals surface area (Å²) in [5.74, 6) is 0.775. The molecular weight excluding hydrogens is 316 g/mol.